The lowest BCUT2D eigenvalue weighted by Crippen LogP contribution is -2.37. The smallest absolute Gasteiger partial charge is 0.0534 e. The molecule has 102 valence electrons. The monoisotopic (exact) mass is 249 g/mol. The average Bonchev–Trinajstić information content (AvgIpc) is 2.75. The minimum absolute atomic E-state index is 0.725. The van der Waals surface area contributed by atoms with Crippen LogP contribution < -0.4 is 5.32 Å². The summed E-state index contributed by atoms with van der Waals surface area (Å²) in [4.78, 5) is 0. The number of hydrogen-bond donors (Lipinski definition) is 1. The maximum Gasteiger partial charge on any atom is 0.0534 e. The van der Waals surface area contributed by atoms with Gasteiger partial charge in [-0.25, -0.2) is 0 Å². The molecular formula is C15H27N3. The second-order valence-electron chi connectivity index (χ2n) is 6.10. The van der Waals surface area contributed by atoms with Gasteiger partial charge in [0.05, 0.1) is 12.7 Å². The van der Waals surface area contributed by atoms with E-state index in [1.165, 1.54) is 31.2 Å². The second-order valence-corrected chi connectivity index (χ2v) is 6.10. The Kier molecular flexibility index (Phi) is 4.81. The molecule has 1 saturated carbocycles. The number of rotatable bonds is 5. The largest absolute Gasteiger partial charge is 0.312 e. The second kappa shape index (κ2) is 6.37. The molecule has 1 aliphatic rings. The van der Waals surface area contributed by atoms with E-state index in [0.29, 0.717) is 0 Å². The molecule has 3 nitrogen and oxygen atoms in total. The minimum Gasteiger partial charge on any atom is -0.312 e. The van der Waals surface area contributed by atoms with E-state index in [0.717, 1.165) is 31.0 Å². The maximum absolute atomic E-state index is 4.32. The van der Waals surface area contributed by atoms with Crippen molar-refractivity contribution in [2.75, 3.05) is 6.54 Å². The number of nitrogens with one attached hydrogen (secondary N) is 1. The van der Waals surface area contributed by atoms with Crippen LogP contribution in [0.3, 0.4) is 0 Å². The first kappa shape index (κ1) is 13.6. The quantitative estimate of drug-likeness (QED) is 0.869. The fraction of sp³-hybridized carbons (Fsp3) is 0.800. The Labute approximate surface area is 111 Å². The van der Waals surface area contributed by atoms with Crippen molar-refractivity contribution in [3.8, 4) is 0 Å². The van der Waals surface area contributed by atoms with E-state index < -0.39 is 0 Å². The predicted octanol–water partition coefficient (Wildman–Crippen LogP) is 3.00. The Morgan fingerprint density at radius 2 is 2.28 bits per heavy atom. The lowest BCUT2D eigenvalue weighted by Gasteiger charge is -2.32. The molecule has 0 saturated heterocycles. The van der Waals surface area contributed by atoms with Gasteiger partial charge in [-0.1, -0.05) is 26.7 Å². The molecule has 0 bridgehead atoms. The summed E-state index contributed by atoms with van der Waals surface area (Å²) in [6.45, 7) is 8.83. The van der Waals surface area contributed by atoms with E-state index >= 15 is 0 Å². The summed E-state index contributed by atoms with van der Waals surface area (Å²) in [6, 6.07) is 0.725. The highest BCUT2D eigenvalue weighted by Crippen LogP contribution is 2.29. The number of nitrogens with zero attached hydrogens (tertiary/aromatic N) is 2. The third-order valence-electron chi connectivity index (χ3n) is 4.19. The highest BCUT2D eigenvalue weighted by molar-refractivity contribution is 4.99. The van der Waals surface area contributed by atoms with Crippen LogP contribution >= 0.6 is 0 Å². The van der Waals surface area contributed by atoms with Crippen LogP contribution in [0.2, 0.25) is 0 Å². The van der Waals surface area contributed by atoms with Crippen LogP contribution in [0.15, 0.2) is 12.4 Å². The first-order valence-electron chi connectivity index (χ1n) is 7.37. The summed E-state index contributed by atoms with van der Waals surface area (Å²) in [5, 5.41) is 8.02. The zero-order valence-corrected chi connectivity index (χ0v) is 12.0. The van der Waals surface area contributed by atoms with Crippen LogP contribution in [0.1, 0.15) is 45.1 Å². The summed E-state index contributed by atoms with van der Waals surface area (Å²) >= 11 is 0. The third kappa shape index (κ3) is 3.84. The molecule has 0 amide bonds. The van der Waals surface area contributed by atoms with Gasteiger partial charge in [-0.05, 0) is 37.2 Å². The Hall–Kier alpha value is -0.830. The van der Waals surface area contributed by atoms with Crippen LogP contribution in [-0.4, -0.2) is 22.4 Å². The molecule has 3 heteroatoms. The summed E-state index contributed by atoms with van der Waals surface area (Å²) < 4.78 is 2.03. The minimum atomic E-state index is 0.725. The molecule has 1 heterocycles. The molecule has 0 aromatic carbocycles. The van der Waals surface area contributed by atoms with Crippen molar-refractivity contribution in [2.45, 2.75) is 59.0 Å². The third-order valence-corrected chi connectivity index (χ3v) is 4.19. The highest BCUT2D eigenvalue weighted by Gasteiger charge is 2.23. The van der Waals surface area contributed by atoms with Gasteiger partial charge in [0.2, 0.25) is 0 Å². The van der Waals surface area contributed by atoms with Gasteiger partial charge in [0.25, 0.3) is 0 Å². The van der Waals surface area contributed by atoms with Crippen LogP contribution in [0.25, 0.3) is 0 Å². The topological polar surface area (TPSA) is 29.9 Å². The van der Waals surface area contributed by atoms with Crippen LogP contribution in [-0.2, 0) is 6.54 Å². The fourth-order valence-corrected chi connectivity index (χ4v) is 2.99. The van der Waals surface area contributed by atoms with E-state index in [1.54, 1.807) is 0 Å². The zero-order valence-electron chi connectivity index (χ0n) is 12.0. The Morgan fingerprint density at radius 3 is 2.94 bits per heavy atom. The molecule has 1 aliphatic carbocycles. The van der Waals surface area contributed by atoms with Crippen LogP contribution in [0, 0.1) is 18.8 Å². The Morgan fingerprint density at radius 1 is 1.44 bits per heavy atom. The summed E-state index contributed by atoms with van der Waals surface area (Å²) in [5.41, 5.74) is 1.24. The van der Waals surface area contributed by atoms with E-state index in [-0.39, 0.29) is 0 Å². The molecular weight excluding hydrogens is 222 g/mol. The zero-order chi connectivity index (χ0) is 13.0. The Balaban J connectivity index is 1.70. The number of aromatic nitrogens is 2. The van der Waals surface area contributed by atoms with Gasteiger partial charge < -0.3 is 5.32 Å². The molecule has 0 radical (unpaired) electrons. The standard InChI is InChI=1S/C15H27N3/c1-12(2)14-5-4-6-15(9-14)16-7-8-18-11-13(3)10-17-18/h10-12,14-16H,4-9H2,1-3H3. The molecule has 1 N–H and O–H groups in total. The van der Waals surface area contributed by atoms with Crippen molar-refractivity contribution >= 4 is 0 Å². The van der Waals surface area contributed by atoms with E-state index in [4.69, 9.17) is 0 Å². The molecule has 0 spiro atoms. The molecule has 1 aromatic heterocycles. The first-order valence-corrected chi connectivity index (χ1v) is 7.37. The summed E-state index contributed by atoms with van der Waals surface area (Å²) in [5.74, 6) is 1.76. The van der Waals surface area contributed by atoms with E-state index in [1.807, 2.05) is 10.9 Å². The van der Waals surface area contributed by atoms with E-state index in [9.17, 15) is 0 Å². The number of aryl methyl sites for hydroxylation is 1. The number of hydrogen-bond acceptors (Lipinski definition) is 2. The van der Waals surface area contributed by atoms with Gasteiger partial charge in [0, 0.05) is 18.8 Å². The van der Waals surface area contributed by atoms with Gasteiger partial charge in [0.15, 0.2) is 0 Å². The molecule has 2 unspecified atom stereocenters. The van der Waals surface area contributed by atoms with Gasteiger partial charge in [-0.15, -0.1) is 0 Å². The van der Waals surface area contributed by atoms with Crippen molar-refractivity contribution in [1.82, 2.24) is 15.1 Å². The van der Waals surface area contributed by atoms with Crippen LogP contribution in [0.5, 0.6) is 0 Å². The maximum atomic E-state index is 4.32. The molecule has 18 heavy (non-hydrogen) atoms. The van der Waals surface area contributed by atoms with Gasteiger partial charge in [-0.3, -0.25) is 4.68 Å². The van der Waals surface area contributed by atoms with E-state index in [2.05, 4.69) is 37.4 Å². The molecule has 1 fully saturated rings. The fourth-order valence-electron chi connectivity index (χ4n) is 2.99. The summed E-state index contributed by atoms with van der Waals surface area (Å²) in [6.07, 6.45) is 9.56. The van der Waals surface area contributed by atoms with Crippen LogP contribution in [0.4, 0.5) is 0 Å². The Bertz CT molecular complexity index is 356. The first-order chi connectivity index (χ1) is 8.65. The molecule has 1 aromatic rings. The molecule has 0 aliphatic heterocycles. The van der Waals surface area contributed by atoms with Crippen molar-refractivity contribution in [3.05, 3.63) is 18.0 Å². The lowest BCUT2D eigenvalue weighted by atomic mass is 9.79. The SMILES string of the molecule is Cc1cnn(CCNC2CCCC(C(C)C)C2)c1. The van der Waals surface area contributed by atoms with Gasteiger partial charge in [-0.2, -0.15) is 5.10 Å². The normalized spacial score (nSPS) is 24.7. The van der Waals surface area contributed by atoms with Crippen molar-refractivity contribution in [3.63, 3.8) is 0 Å². The predicted molar refractivity (Wildman–Crippen MR) is 75.6 cm³/mol. The van der Waals surface area contributed by atoms with Gasteiger partial charge >= 0.3 is 0 Å². The average molecular weight is 249 g/mol. The lowest BCUT2D eigenvalue weighted by molar-refractivity contribution is 0.230. The summed E-state index contributed by atoms with van der Waals surface area (Å²) in [7, 11) is 0. The molecule has 2 atom stereocenters. The van der Waals surface area contributed by atoms with Crippen molar-refractivity contribution in [1.29, 1.82) is 0 Å². The van der Waals surface area contributed by atoms with Crippen molar-refractivity contribution < 1.29 is 0 Å². The molecule has 2 rings (SSSR count). The highest BCUT2D eigenvalue weighted by atomic mass is 15.3. The van der Waals surface area contributed by atoms with Crippen molar-refractivity contribution in [2.24, 2.45) is 11.8 Å². The van der Waals surface area contributed by atoms with Gasteiger partial charge in [0.1, 0.15) is 0 Å².